The van der Waals surface area contributed by atoms with Crippen molar-refractivity contribution in [3.05, 3.63) is 27.2 Å². The number of carboxylic acid groups (broad SMARTS) is 1. The van der Waals surface area contributed by atoms with Crippen molar-refractivity contribution in [3.63, 3.8) is 0 Å². The van der Waals surface area contributed by atoms with Gasteiger partial charge in [0.15, 0.2) is 0 Å². The number of hydrogen-bond acceptors (Lipinski definition) is 1. The van der Waals surface area contributed by atoms with Gasteiger partial charge in [-0.05, 0) is 11.3 Å². The fourth-order valence-electron chi connectivity index (χ4n) is 1.74. The Hall–Kier alpha value is -0.723. The van der Waals surface area contributed by atoms with Crippen LogP contribution in [0.1, 0.15) is 15.9 Å². The second-order valence-corrected chi connectivity index (χ2v) is 10.8. The number of benzene rings is 1. The predicted molar refractivity (Wildman–Crippen MR) is 71.4 cm³/mol. The van der Waals surface area contributed by atoms with Crippen LogP contribution in [0.3, 0.4) is 0 Å². The molecule has 19 heavy (non-hydrogen) atoms. The maximum Gasteiger partial charge on any atom is 0.416 e. The zero-order chi connectivity index (χ0) is 15.2. The minimum atomic E-state index is -4.67. The number of carbonyl (C=O) groups is 1. The van der Waals surface area contributed by atoms with Crippen molar-refractivity contribution in [2.45, 2.75) is 25.8 Å². The molecule has 0 heterocycles. The van der Waals surface area contributed by atoms with Crippen molar-refractivity contribution in [3.8, 4) is 0 Å². The van der Waals surface area contributed by atoms with Crippen LogP contribution < -0.4 is 5.19 Å². The third-order valence-corrected chi connectivity index (χ3v) is 5.54. The van der Waals surface area contributed by atoms with Crippen molar-refractivity contribution in [2.75, 3.05) is 0 Å². The van der Waals surface area contributed by atoms with E-state index in [0.29, 0.717) is 6.07 Å². The average molecular weight is 331 g/mol. The number of alkyl halides is 3. The van der Waals surface area contributed by atoms with Crippen LogP contribution in [0.4, 0.5) is 13.2 Å². The van der Waals surface area contributed by atoms with Crippen LogP contribution in [0.25, 0.3) is 0 Å². The molecule has 1 N–H and O–H groups in total. The summed E-state index contributed by atoms with van der Waals surface area (Å²) in [4.78, 5) is 10.9. The number of halogens is 5. The first-order valence-electron chi connectivity index (χ1n) is 5.20. The summed E-state index contributed by atoms with van der Waals surface area (Å²) in [7, 11) is -2.45. The van der Waals surface area contributed by atoms with E-state index in [1.807, 2.05) is 0 Å². The SMILES string of the molecule is C[Si](C)(C)c1c(C(F)(F)F)cc(C(=O)O)c(Cl)c1Cl. The van der Waals surface area contributed by atoms with Gasteiger partial charge < -0.3 is 5.11 Å². The van der Waals surface area contributed by atoms with Gasteiger partial charge in [0, 0.05) is 0 Å². The highest BCUT2D eigenvalue weighted by molar-refractivity contribution is 6.90. The van der Waals surface area contributed by atoms with Crippen LogP contribution in [-0.2, 0) is 6.18 Å². The summed E-state index contributed by atoms with van der Waals surface area (Å²) in [6, 6.07) is 0.560. The van der Waals surface area contributed by atoms with Gasteiger partial charge in [0.05, 0.1) is 29.2 Å². The molecule has 0 saturated heterocycles. The Labute approximate surface area is 119 Å². The topological polar surface area (TPSA) is 37.3 Å². The van der Waals surface area contributed by atoms with Gasteiger partial charge >= 0.3 is 12.1 Å². The standard InChI is InChI=1S/C11H11Cl2F3O2Si/c1-19(2,3)9-6(11(14,15)16)4-5(10(17)18)7(12)8(9)13/h4H,1-3H3,(H,17,18). The van der Waals surface area contributed by atoms with Crippen LogP contribution in [-0.4, -0.2) is 19.1 Å². The van der Waals surface area contributed by atoms with Crippen molar-refractivity contribution in [1.82, 2.24) is 0 Å². The molecule has 0 aliphatic heterocycles. The van der Waals surface area contributed by atoms with Gasteiger partial charge in [-0.25, -0.2) is 4.79 Å². The third-order valence-electron chi connectivity index (χ3n) is 2.49. The fraction of sp³-hybridized carbons (Fsp3) is 0.364. The summed E-state index contributed by atoms with van der Waals surface area (Å²) in [6.07, 6.45) is -4.67. The smallest absolute Gasteiger partial charge is 0.416 e. The van der Waals surface area contributed by atoms with E-state index in [2.05, 4.69) is 0 Å². The maximum atomic E-state index is 13.1. The largest absolute Gasteiger partial charge is 0.478 e. The lowest BCUT2D eigenvalue weighted by molar-refractivity contribution is -0.136. The summed E-state index contributed by atoms with van der Waals surface area (Å²) >= 11 is 11.6. The van der Waals surface area contributed by atoms with E-state index < -0.39 is 31.3 Å². The lowest BCUT2D eigenvalue weighted by Crippen LogP contribution is -2.43. The van der Waals surface area contributed by atoms with Gasteiger partial charge in [0.2, 0.25) is 0 Å². The average Bonchev–Trinajstić information content (AvgIpc) is 2.17. The van der Waals surface area contributed by atoms with Gasteiger partial charge in [0.1, 0.15) is 0 Å². The molecule has 106 valence electrons. The van der Waals surface area contributed by atoms with E-state index >= 15 is 0 Å². The van der Waals surface area contributed by atoms with Crippen LogP contribution >= 0.6 is 23.2 Å². The summed E-state index contributed by atoms with van der Waals surface area (Å²) in [5.41, 5.74) is -1.65. The fourth-order valence-corrected chi connectivity index (χ4v) is 4.91. The van der Waals surface area contributed by atoms with Crippen LogP contribution in [0.15, 0.2) is 6.07 Å². The predicted octanol–water partition coefficient (Wildman–Crippen LogP) is 4.26. The van der Waals surface area contributed by atoms with Crippen LogP contribution in [0.5, 0.6) is 0 Å². The number of carboxylic acids is 1. The first kappa shape index (κ1) is 16.3. The lowest BCUT2D eigenvalue weighted by atomic mass is 10.1. The van der Waals surface area contributed by atoms with E-state index in [9.17, 15) is 18.0 Å². The molecule has 0 amide bonds. The molecule has 1 rings (SSSR count). The Balaban J connectivity index is 3.83. The molecule has 0 saturated carbocycles. The molecule has 0 fully saturated rings. The minimum absolute atomic E-state index is 0.0725. The van der Waals surface area contributed by atoms with Gasteiger partial charge in [-0.15, -0.1) is 0 Å². The molecule has 0 spiro atoms. The quantitative estimate of drug-likeness (QED) is 0.823. The van der Waals surface area contributed by atoms with E-state index in [1.54, 1.807) is 19.6 Å². The lowest BCUT2D eigenvalue weighted by Gasteiger charge is -2.25. The molecule has 8 heteroatoms. The second kappa shape index (κ2) is 4.99. The molecule has 2 nitrogen and oxygen atoms in total. The molecule has 0 aromatic heterocycles. The zero-order valence-corrected chi connectivity index (χ0v) is 12.8. The number of hydrogen-bond donors (Lipinski definition) is 1. The van der Waals surface area contributed by atoms with Crippen LogP contribution in [0, 0.1) is 0 Å². The molecule has 0 aliphatic carbocycles. The Bertz CT molecular complexity index is 536. The number of aromatic carboxylic acids is 1. The number of rotatable bonds is 2. The molecule has 1 aromatic rings. The Morgan fingerprint density at radius 1 is 1.21 bits per heavy atom. The van der Waals surface area contributed by atoms with Gasteiger partial charge in [-0.3, -0.25) is 0 Å². The molecule has 1 aromatic carbocycles. The molecule has 0 atom stereocenters. The van der Waals surface area contributed by atoms with Crippen molar-refractivity contribution in [1.29, 1.82) is 0 Å². The van der Waals surface area contributed by atoms with Gasteiger partial charge in [-0.2, -0.15) is 13.2 Å². The zero-order valence-electron chi connectivity index (χ0n) is 10.3. The van der Waals surface area contributed by atoms with Crippen molar-refractivity contribution >= 4 is 42.4 Å². The minimum Gasteiger partial charge on any atom is -0.478 e. The third kappa shape index (κ3) is 3.24. The highest BCUT2D eigenvalue weighted by Crippen LogP contribution is 2.36. The first-order valence-corrected chi connectivity index (χ1v) is 9.46. The Morgan fingerprint density at radius 2 is 1.68 bits per heavy atom. The van der Waals surface area contributed by atoms with E-state index in [-0.39, 0.29) is 15.2 Å². The molecule has 0 unspecified atom stereocenters. The highest BCUT2D eigenvalue weighted by Gasteiger charge is 2.40. The van der Waals surface area contributed by atoms with E-state index in [4.69, 9.17) is 28.3 Å². The molecule has 0 radical (unpaired) electrons. The normalized spacial score (nSPS) is 12.6. The molecular weight excluding hydrogens is 320 g/mol. The van der Waals surface area contributed by atoms with Crippen LogP contribution in [0.2, 0.25) is 29.7 Å². The van der Waals surface area contributed by atoms with Crippen molar-refractivity contribution < 1.29 is 23.1 Å². The maximum absolute atomic E-state index is 13.1. The highest BCUT2D eigenvalue weighted by atomic mass is 35.5. The first-order chi connectivity index (χ1) is 8.37. The summed E-state index contributed by atoms with van der Waals surface area (Å²) < 4.78 is 39.2. The van der Waals surface area contributed by atoms with E-state index in [1.165, 1.54) is 0 Å². The summed E-state index contributed by atoms with van der Waals surface area (Å²) in [5, 5.41) is 8.14. The molecule has 0 bridgehead atoms. The second-order valence-electron chi connectivity index (χ2n) is 5.03. The van der Waals surface area contributed by atoms with Crippen molar-refractivity contribution in [2.24, 2.45) is 0 Å². The summed E-state index contributed by atoms with van der Waals surface area (Å²) in [5.74, 6) is -1.54. The monoisotopic (exact) mass is 330 g/mol. The Morgan fingerprint density at radius 3 is 2.00 bits per heavy atom. The van der Waals surface area contributed by atoms with Gasteiger partial charge in [0.25, 0.3) is 0 Å². The van der Waals surface area contributed by atoms with Gasteiger partial charge in [-0.1, -0.05) is 42.8 Å². The Kier molecular flexibility index (Phi) is 4.29. The van der Waals surface area contributed by atoms with E-state index in [0.717, 1.165) is 0 Å². The summed E-state index contributed by atoms with van der Waals surface area (Å²) in [6.45, 7) is 5.04. The molecular formula is C11H11Cl2F3O2Si. The molecule has 0 aliphatic rings.